The first kappa shape index (κ1) is 29.7. The number of nitrogens with zero attached hydrogens (tertiary/aromatic N) is 2. The summed E-state index contributed by atoms with van der Waals surface area (Å²) in [6.45, 7) is 4.19. The van der Waals surface area contributed by atoms with Crippen LogP contribution >= 0.6 is 23.2 Å². The number of rotatable bonds is 13. The van der Waals surface area contributed by atoms with Gasteiger partial charge in [0.1, 0.15) is 11.8 Å². The molecule has 2 rings (SSSR count). The fraction of sp³-hybridized carbons (Fsp3) is 0.440. The summed E-state index contributed by atoms with van der Waals surface area (Å²) in [6.07, 6.45) is 1.76. The third-order valence-corrected chi connectivity index (χ3v) is 7.52. The Balaban J connectivity index is 2.26. The summed E-state index contributed by atoms with van der Waals surface area (Å²) < 4.78 is 31.4. The molecule has 0 aliphatic heterocycles. The first-order valence-electron chi connectivity index (χ1n) is 11.6. The van der Waals surface area contributed by atoms with Crippen molar-refractivity contribution in [1.82, 2.24) is 10.2 Å². The smallest absolute Gasteiger partial charge is 0.242 e. The van der Waals surface area contributed by atoms with Gasteiger partial charge < -0.3 is 15.0 Å². The van der Waals surface area contributed by atoms with Crippen LogP contribution in [0.4, 0.5) is 5.69 Å². The van der Waals surface area contributed by atoms with Crippen LogP contribution in [0.5, 0.6) is 5.75 Å². The number of sulfonamides is 1. The van der Waals surface area contributed by atoms with Gasteiger partial charge in [-0.05, 0) is 44.0 Å². The lowest BCUT2D eigenvalue weighted by atomic mass is 10.1. The molecule has 2 aromatic carbocycles. The Bertz CT molecular complexity index is 1140. The second-order valence-corrected chi connectivity index (χ2v) is 10.9. The lowest BCUT2D eigenvalue weighted by Gasteiger charge is -2.31. The van der Waals surface area contributed by atoms with Crippen molar-refractivity contribution >= 4 is 50.7 Å². The van der Waals surface area contributed by atoms with Crippen molar-refractivity contribution in [3.63, 3.8) is 0 Å². The van der Waals surface area contributed by atoms with Gasteiger partial charge in [0.2, 0.25) is 21.8 Å². The summed E-state index contributed by atoms with van der Waals surface area (Å²) in [5, 5.41) is 3.57. The van der Waals surface area contributed by atoms with Crippen LogP contribution in [0.3, 0.4) is 0 Å². The van der Waals surface area contributed by atoms with Crippen LogP contribution in [0.25, 0.3) is 0 Å². The van der Waals surface area contributed by atoms with Crippen LogP contribution in [-0.4, -0.2) is 57.6 Å². The van der Waals surface area contributed by atoms with E-state index in [1.807, 2.05) is 6.92 Å². The maximum Gasteiger partial charge on any atom is 0.242 e. The van der Waals surface area contributed by atoms with Gasteiger partial charge in [0.05, 0.1) is 19.1 Å². The number of hydrogen-bond acceptors (Lipinski definition) is 5. The number of nitrogens with one attached hydrogen (secondary N) is 1. The van der Waals surface area contributed by atoms with Crippen LogP contribution < -0.4 is 14.4 Å². The molecule has 11 heteroatoms. The molecule has 2 amide bonds. The topological polar surface area (TPSA) is 96.0 Å². The Morgan fingerprint density at radius 2 is 1.72 bits per heavy atom. The highest BCUT2D eigenvalue weighted by molar-refractivity contribution is 7.92. The Hall–Kier alpha value is -2.49. The first-order chi connectivity index (χ1) is 17.0. The van der Waals surface area contributed by atoms with Gasteiger partial charge in [-0.15, -0.1) is 0 Å². The minimum absolute atomic E-state index is 0.0218. The quantitative estimate of drug-likeness (QED) is 0.391. The number of methoxy groups -OCH3 is 1. The molecule has 0 aliphatic rings. The zero-order chi connectivity index (χ0) is 26.9. The fourth-order valence-electron chi connectivity index (χ4n) is 3.83. The van der Waals surface area contributed by atoms with Crippen molar-refractivity contribution in [3.8, 4) is 5.75 Å². The first-order valence-corrected chi connectivity index (χ1v) is 14.3. The Morgan fingerprint density at radius 3 is 2.28 bits per heavy atom. The van der Waals surface area contributed by atoms with Crippen LogP contribution in [0, 0.1) is 0 Å². The van der Waals surface area contributed by atoms with Gasteiger partial charge in [0.25, 0.3) is 0 Å². The highest BCUT2D eigenvalue weighted by Gasteiger charge is 2.29. The molecule has 0 radical (unpaired) electrons. The number of likely N-dealkylation sites (N-methyl/N-ethyl adjacent to an activating group) is 1. The van der Waals surface area contributed by atoms with E-state index in [-0.39, 0.29) is 37.7 Å². The number of anilines is 1. The second-order valence-electron chi connectivity index (χ2n) is 8.18. The largest absolute Gasteiger partial charge is 0.497 e. The van der Waals surface area contributed by atoms with Crippen molar-refractivity contribution in [2.75, 3.05) is 30.8 Å². The molecular formula is C25H33Cl2N3O5S. The van der Waals surface area contributed by atoms with E-state index >= 15 is 0 Å². The third-order valence-electron chi connectivity index (χ3n) is 5.62. The van der Waals surface area contributed by atoms with E-state index in [1.165, 1.54) is 16.3 Å². The molecule has 1 unspecified atom stereocenters. The van der Waals surface area contributed by atoms with Gasteiger partial charge in [-0.25, -0.2) is 8.42 Å². The SMILES string of the molecule is CCNC(=O)C(CC)N(Cc1c(Cl)cccc1Cl)C(=O)CCCN(c1cccc(OC)c1)S(C)(=O)=O. The van der Waals surface area contributed by atoms with Gasteiger partial charge >= 0.3 is 0 Å². The van der Waals surface area contributed by atoms with E-state index in [2.05, 4.69) is 5.32 Å². The molecule has 2 aromatic rings. The van der Waals surface area contributed by atoms with Crippen molar-refractivity contribution in [2.24, 2.45) is 0 Å². The molecule has 1 N–H and O–H groups in total. The van der Waals surface area contributed by atoms with Crippen molar-refractivity contribution in [1.29, 1.82) is 0 Å². The van der Waals surface area contributed by atoms with Crippen molar-refractivity contribution in [3.05, 3.63) is 58.1 Å². The summed E-state index contributed by atoms with van der Waals surface area (Å²) in [5.74, 6) is -0.0541. The lowest BCUT2D eigenvalue weighted by molar-refractivity contribution is -0.141. The molecule has 1 atom stereocenters. The van der Waals surface area contributed by atoms with E-state index < -0.39 is 16.1 Å². The van der Waals surface area contributed by atoms with E-state index in [4.69, 9.17) is 27.9 Å². The van der Waals surface area contributed by atoms with Crippen LogP contribution in [-0.2, 0) is 26.2 Å². The third kappa shape index (κ3) is 8.01. The summed E-state index contributed by atoms with van der Waals surface area (Å²) in [7, 11) is -2.11. The second kappa shape index (κ2) is 13.7. The molecular weight excluding hydrogens is 525 g/mol. The summed E-state index contributed by atoms with van der Waals surface area (Å²) >= 11 is 12.7. The minimum atomic E-state index is -3.61. The number of benzene rings is 2. The molecule has 0 saturated heterocycles. The predicted molar refractivity (Wildman–Crippen MR) is 144 cm³/mol. The molecule has 0 spiro atoms. The Labute approximate surface area is 223 Å². The molecule has 0 bridgehead atoms. The summed E-state index contributed by atoms with van der Waals surface area (Å²) in [6, 6.07) is 11.0. The molecule has 0 aliphatic carbocycles. The summed E-state index contributed by atoms with van der Waals surface area (Å²) in [4.78, 5) is 27.7. The molecule has 0 heterocycles. The van der Waals surface area contributed by atoms with E-state index in [0.717, 1.165) is 6.26 Å². The zero-order valence-electron chi connectivity index (χ0n) is 21.0. The highest BCUT2D eigenvalue weighted by atomic mass is 35.5. The maximum atomic E-state index is 13.4. The highest BCUT2D eigenvalue weighted by Crippen LogP contribution is 2.28. The molecule has 0 aromatic heterocycles. The van der Waals surface area contributed by atoms with Gasteiger partial charge in [0.15, 0.2) is 0 Å². The van der Waals surface area contributed by atoms with Gasteiger partial charge in [-0.3, -0.25) is 13.9 Å². The standard InChI is InChI=1S/C25H33Cl2N3O5S/c1-5-23(25(32)28-6-2)29(17-20-21(26)12-8-13-22(20)27)24(31)14-9-15-30(36(4,33)34)18-10-7-11-19(16-18)35-3/h7-8,10-13,16,23H,5-6,9,14-15,17H2,1-4H3,(H,28,32). The number of halogens is 2. The van der Waals surface area contributed by atoms with Crippen molar-refractivity contribution in [2.45, 2.75) is 45.7 Å². The number of carbonyl (C=O) groups excluding carboxylic acids is 2. The van der Waals surface area contributed by atoms with Crippen LogP contribution in [0.1, 0.15) is 38.7 Å². The van der Waals surface area contributed by atoms with Gasteiger partial charge in [-0.2, -0.15) is 0 Å². The molecule has 0 saturated carbocycles. The lowest BCUT2D eigenvalue weighted by Crippen LogP contribution is -2.49. The zero-order valence-corrected chi connectivity index (χ0v) is 23.3. The van der Waals surface area contributed by atoms with Crippen LogP contribution in [0.15, 0.2) is 42.5 Å². The normalized spacial score (nSPS) is 12.1. The fourth-order valence-corrected chi connectivity index (χ4v) is 5.31. The molecule has 8 nitrogen and oxygen atoms in total. The number of carbonyl (C=O) groups is 2. The molecule has 198 valence electrons. The number of hydrogen-bond donors (Lipinski definition) is 1. The maximum absolute atomic E-state index is 13.4. The van der Waals surface area contributed by atoms with E-state index in [1.54, 1.807) is 49.4 Å². The number of amides is 2. The Kier molecular flexibility index (Phi) is 11.3. The number of ether oxygens (including phenoxy) is 1. The Morgan fingerprint density at radius 1 is 1.08 bits per heavy atom. The average Bonchev–Trinajstić information content (AvgIpc) is 2.82. The van der Waals surface area contributed by atoms with Crippen molar-refractivity contribution < 1.29 is 22.7 Å². The van der Waals surface area contributed by atoms with Gasteiger partial charge in [0, 0.05) is 47.7 Å². The summed E-state index contributed by atoms with van der Waals surface area (Å²) in [5.41, 5.74) is 0.990. The predicted octanol–water partition coefficient (Wildman–Crippen LogP) is 4.49. The van der Waals surface area contributed by atoms with E-state index in [0.29, 0.717) is 40.0 Å². The minimum Gasteiger partial charge on any atom is -0.497 e. The molecule has 0 fully saturated rings. The molecule has 36 heavy (non-hydrogen) atoms. The van der Waals surface area contributed by atoms with Gasteiger partial charge in [-0.1, -0.05) is 42.3 Å². The monoisotopic (exact) mass is 557 g/mol. The average molecular weight is 559 g/mol. The van der Waals surface area contributed by atoms with E-state index in [9.17, 15) is 18.0 Å². The van der Waals surface area contributed by atoms with Crippen LogP contribution in [0.2, 0.25) is 10.0 Å².